The zero-order valence-corrected chi connectivity index (χ0v) is 14.3. The summed E-state index contributed by atoms with van der Waals surface area (Å²) in [5.74, 6) is -0.163. The lowest BCUT2D eigenvalue weighted by molar-refractivity contribution is 0.0769. The zero-order valence-electron chi connectivity index (χ0n) is 14.3. The smallest absolute Gasteiger partial charge is 0.255 e. The lowest BCUT2D eigenvalue weighted by Crippen LogP contribution is -2.34. The first-order chi connectivity index (χ1) is 12.1. The molecule has 1 saturated heterocycles. The molecule has 0 aromatic heterocycles. The molecule has 5 nitrogen and oxygen atoms in total. The Kier molecular flexibility index (Phi) is 4.80. The minimum Gasteiger partial charge on any atom is -0.399 e. The molecule has 2 aromatic rings. The summed E-state index contributed by atoms with van der Waals surface area (Å²) in [7, 11) is 1.46. The van der Waals surface area contributed by atoms with E-state index in [0.717, 1.165) is 11.1 Å². The standard InChI is InChI=1S/C20H19N3O2/c1-14-5-3-4-6-19(14)15-7-9-16(10-8-15)20(24)23-13-17(22-25-2)11-18(23)12-21/h3-10,18H,11,13H2,1-2H3/b22-17+/t18-/m0/s1. The van der Waals surface area contributed by atoms with E-state index in [-0.39, 0.29) is 5.91 Å². The second-order valence-corrected chi connectivity index (χ2v) is 6.01. The van der Waals surface area contributed by atoms with Gasteiger partial charge in [-0.1, -0.05) is 41.6 Å². The number of rotatable bonds is 3. The van der Waals surface area contributed by atoms with Gasteiger partial charge in [-0.3, -0.25) is 4.79 Å². The first-order valence-corrected chi connectivity index (χ1v) is 8.09. The minimum absolute atomic E-state index is 0.163. The summed E-state index contributed by atoms with van der Waals surface area (Å²) in [4.78, 5) is 19.1. The highest BCUT2D eigenvalue weighted by molar-refractivity contribution is 6.01. The number of hydrogen-bond donors (Lipinski definition) is 0. The van der Waals surface area contributed by atoms with E-state index in [1.807, 2.05) is 36.4 Å². The summed E-state index contributed by atoms with van der Waals surface area (Å²) in [5, 5.41) is 13.2. The van der Waals surface area contributed by atoms with Gasteiger partial charge in [-0.25, -0.2) is 0 Å². The van der Waals surface area contributed by atoms with Crippen LogP contribution in [-0.4, -0.2) is 36.2 Å². The molecule has 0 aliphatic carbocycles. The van der Waals surface area contributed by atoms with Crippen molar-refractivity contribution in [2.24, 2.45) is 5.16 Å². The van der Waals surface area contributed by atoms with Gasteiger partial charge in [0.05, 0.1) is 18.3 Å². The average molecular weight is 333 g/mol. The molecule has 1 amide bonds. The fourth-order valence-electron chi connectivity index (χ4n) is 3.08. The number of nitrogens with zero attached hydrogens (tertiary/aromatic N) is 3. The molecule has 1 heterocycles. The number of hydrogen-bond acceptors (Lipinski definition) is 4. The van der Waals surface area contributed by atoms with Crippen LogP contribution < -0.4 is 0 Å². The number of amides is 1. The van der Waals surface area contributed by atoms with Gasteiger partial charge in [0.25, 0.3) is 5.91 Å². The van der Waals surface area contributed by atoms with Crippen LogP contribution in [-0.2, 0) is 4.84 Å². The van der Waals surface area contributed by atoms with Crippen molar-refractivity contribution in [3.63, 3.8) is 0 Å². The third-order valence-electron chi connectivity index (χ3n) is 4.38. The van der Waals surface area contributed by atoms with E-state index in [1.54, 1.807) is 4.90 Å². The van der Waals surface area contributed by atoms with Crippen molar-refractivity contribution in [1.82, 2.24) is 4.90 Å². The molecular weight excluding hydrogens is 314 g/mol. The van der Waals surface area contributed by atoms with Gasteiger partial charge in [0, 0.05) is 12.0 Å². The monoisotopic (exact) mass is 333 g/mol. The molecule has 0 bridgehead atoms. The van der Waals surface area contributed by atoms with Gasteiger partial charge in [-0.05, 0) is 35.7 Å². The van der Waals surface area contributed by atoms with Crippen LogP contribution in [0.4, 0.5) is 0 Å². The number of nitriles is 1. The van der Waals surface area contributed by atoms with Crippen molar-refractivity contribution in [2.75, 3.05) is 13.7 Å². The number of likely N-dealkylation sites (tertiary alicyclic amines) is 1. The highest BCUT2D eigenvalue weighted by atomic mass is 16.6. The Morgan fingerprint density at radius 2 is 1.96 bits per heavy atom. The van der Waals surface area contributed by atoms with E-state index in [2.05, 4.69) is 30.3 Å². The molecule has 1 atom stereocenters. The van der Waals surface area contributed by atoms with E-state index in [1.165, 1.54) is 12.7 Å². The number of carbonyl (C=O) groups is 1. The highest BCUT2D eigenvalue weighted by Gasteiger charge is 2.33. The van der Waals surface area contributed by atoms with E-state index in [4.69, 9.17) is 4.84 Å². The molecular formula is C20H19N3O2. The fraction of sp³-hybridized carbons (Fsp3) is 0.250. The van der Waals surface area contributed by atoms with Crippen molar-refractivity contribution in [3.8, 4) is 17.2 Å². The number of carbonyl (C=O) groups excluding carboxylic acids is 1. The summed E-state index contributed by atoms with van der Waals surface area (Å²) in [6.45, 7) is 2.39. The third kappa shape index (κ3) is 3.38. The van der Waals surface area contributed by atoms with Crippen LogP contribution in [0.2, 0.25) is 0 Å². The highest BCUT2D eigenvalue weighted by Crippen LogP contribution is 2.25. The molecule has 0 spiro atoms. The number of benzene rings is 2. The van der Waals surface area contributed by atoms with Gasteiger partial charge < -0.3 is 9.74 Å². The topological polar surface area (TPSA) is 65.7 Å². The lowest BCUT2D eigenvalue weighted by atomic mass is 9.99. The van der Waals surface area contributed by atoms with Crippen molar-refractivity contribution in [1.29, 1.82) is 5.26 Å². The van der Waals surface area contributed by atoms with Crippen molar-refractivity contribution >= 4 is 11.6 Å². The summed E-state index contributed by atoms with van der Waals surface area (Å²) in [5.41, 5.74) is 4.67. The van der Waals surface area contributed by atoms with E-state index in [9.17, 15) is 10.1 Å². The molecule has 1 fully saturated rings. The van der Waals surface area contributed by atoms with E-state index < -0.39 is 6.04 Å². The molecule has 0 radical (unpaired) electrons. The second kappa shape index (κ2) is 7.18. The van der Waals surface area contributed by atoms with E-state index in [0.29, 0.717) is 24.2 Å². The van der Waals surface area contributed by atoms with Gasteiger partial charge in [-0.15, -0.1) is 0 Å². The zero-order chi connectivity index (χ0) is 17.8. The summed E-state index contributed by atoms with van der Waals surface area (Å²) < 4.78 is 0. The lowest BCUT2D eigenvalue weighted by Gasteiger charge is -2.19. The quantitative estimate of drug-likeness (QED) is 0.809. The van der Waals surface area contributed by atoms with Crippen molar-refractivity contribution in [2.45, 2.75) is 19.4 Å². The third-order valence-corrected chi connectivity index (χ3v) is 4.38. The summed E-state index contributed by atoms with van der Waals surface area (Å²) in [6.07, 6.45) is 0.428. The number of oxime groups is 1. The molecule has 2 aromatic carbocycles. The van der Waals surface area contributed by atoms with Crippen LogP contribution in [0.3, 0.4) is 0 Å². The normalized spacial score (nSPS) is 18.2. The van der Waals surface area contributed by atoms with Crippen LogP contribution in [0.1, 0.15) is 22.3 Å². The molecule has 25 heavy (non-hydrogen) atoms. The SMILES string of the molecule is CO/N=C1\C[C@@H](C#N)N(C(=O)c2ccc(-c3ccccc3C)cc2)C1. The van der Waals surface area contributed by atoms with Gasteiger partial charge >= 0.3 is 0 Å². The molecule has 1 aliphatic heterocycles. The van der Waals surface area contributed by atoms with Gasteiger partial charge in [-0.2, -0.15) is 5.26 Å². The second-order valence-electron chi connectivity index (χ2n) is 6.01. The fourth-order valence-corrected chi connectivity index (χ4v) is 3.08. The summed E-state index contributed by atoms with van der Waals surface area (Å²) >= 11 is 0. The Morgan fingerprint density at radius 3 is 2.60 bits per heavy atom. The number of aryl methyl sites for hydroxylation is 1. The Bertz CT molecular complexity index is 850. The van der Waals surface area contributed by atoms with Gasteiger partial charge in [0.2, 0.25) is 0 Å². The predicted octanol–water partition coefficient (Wildman–Crippen LogP) is 3.40. The maximum atomic E-state index is 12.8. The maximum absolute atomic E-state index is 12.8. The molecule has 1 aliphatic rings. The first-order valence-electron chi connectivity index (χ1n) is 8.09. The first kappa shape index (κ1) is 16.7. The molecule has 0 saturated carbocycles. The summed E-state index contributed by atoms with van der Waals surface area (Å²) in [6, 6.07) is 17.3. The van der Waals surface area contributed by atoms with Gasteiger partial charge in [0.15, 0.2) is 0 Å². The molecule has 126 valence electrons. The van der Waals surface area contributed by atoms with Crippen LogP contribution in [0, 0.1) is 18.3 Å². The van der Waals surface area contributed by atoms with E-state index >= 15 is 0 Å². The van der Waals surface area contributed by atoms with Crippen molar-refractivity contribution < 1.29 is 9.63 Å². The van der Waals surface area contributed by atoms with Crippen molar-refractivity contribution in [3.05, 3.63) is 59.7 Å². The minimum atomic E-state index is -0.502. The molecule has 0 N–H and O–H groups in total. The Balaban J connectivity index is 1.83. The molecule has 5 heteroatoms. The predicted molar refractivity (Wildman–Crippen MR) is 96.1 cm³/mol. The van der Waals surface area contributed by atoms with Crippen LogP contribution in [0.5, 0.6) is 0 Å². The Morgan fingerprint density at radius 1 is 1.24 bits per heavy atom. The Hall–Kier alpha value is -3.13. The van der Waals surface area contributed by atoms with Crippen LogP contribution >= 0.6 is 0 Å². The van der Waals surface area contributed by atoms with Gasteiger partial charge in [0.1, 0.15) is 13.2 Å². The van der Waals surface area contributed by atoms with Crippen LogP contribution in [0.25, 0.3) is 11.1 Å². The largest absolute Gasteiger partial charge is 0.399 e. The maximum Gasteiger partial charge on any atom is 0.255 e. The van der Waals surface area contributed by atoms with Crippen LogP contribution in [0.15, 0.2) is 53.7 Å². The molecule has 0 unspecified atom stereocenters. The average Bonchev–Trinajstić information content (AvgIpc) is 3.05. The Labute approximate surface area is 147 Å². The molecule has 3 rings (SSSR count).